The van der Waals surface area contributed by atoms with Crippen LogP contribution in [0.25, 0.3) is 5.69 Å². The van der Waals surface area contributed by atoms with Crippen molar-refractivity contribution in [2.75, 3.05) is 19.4 Å². The molecule has 23 heavy (non-hydrogen) atoms. The maximum Gasteiger partial charge on any atom is 0.251 e. The van der Waals surface area contributed by atoms with Crippen molar-refractivity contribution in [3.05, 3.63) is 42.2 Å². The largest absolute Gasteiger partial charge is 0.378 e. The molecule has 1 saturated heterocycles. The van der Waals surface area contributed by atoms with Crippen molar-refractivity contribution in [1.82, 2.24) is 14.9 Å². The number of aromatic nitrogens is 2. The quantitative estimate of drug-likeness (QED) is 0.827. The van der Waals surface area contributed by atoms with Gasteiger partial charge in [0.2, 0.25) is 0 Å². The minimum atomic E-state index is -0.0368. The van der Waals surface area contributed by atoms with Gasteiger partial charge in [-0.3, -0.25) is 9.36 Å². The second-order valence-corrected chi connectivity index (χ2v) is 6.28. The Morgan fingerprint density at radius 3 is 2.96 bits per heavy atom. The fourth-order valence-corrected chi connectivity index (χ4v) is 3.26. The minimum absolute atomic E-state index is 0.0368. The maximum atomic E-state index is 12.2. The third-order valence-corrected chi connectivity index (χ3v) is 4.64. The van der Waals surface area contributed by atoms with Crippen LogP contribution in [0.5, 0.6) is 0 Å². The normalized spacial score (nSPS) is 17.3. The lowest BCUT2D eigenvalue weighted by Crippen LogP contribution is -2.27. The van der Waals surface area contributed by atoms with Crippen molar-refractivity contribution < 1.29 is 9.53 Å². The number of amides is 1. The molecule has 1 amide bonds. The Morgan fingerprint density at radius 2 is 2.26 bits per heavy atom. The van der Waals surface area contributed by atoms with E-state index in [1.165, 1.54) is 0 Å². The summed E-state index contributed by atoms with van der Waals surface area (Å²) >= 11 is 1.59. The van der Waals surface area contributed by atoms with E-state index in [0.717, 1.165) is 36.7 Å². The first kappa shape index (κ1) is 16.1. The number of thioether (sulfide) groups is 1. The van der Waals surface area contributed by atoms with Crippen molar-refractivity contribution in [3.63, 3.8) is 0 Å². The van der Waals surface area contributed by atoms with E-state index < -0.39 is 0 Å². The predicted octanol–water partition coefficient (Wildman–Crippen LogP) is 2.89. The fourth-order valence-electron chi connectivity index (χ4n) is 2.73. The molecule has 0 saturated carbocycles. The zero-order valence-corrected chi connectivity index (χ0v) is 14.0. The Morgan fingerprint density at radius 1 is 1.43 bits per heavy atom. The summed E-state index contributed by atoms with van der Waals surface area (Å²) in [7, 11) is 0. The Kier molecular flexibility index (Phi) is 5.35. The monoisotopic (exact) mass is 331 g/mol. The molecule has 1 fully saturated rings. The Balaban J connectivity index is 1.57. The number of carbonyl (C=O) groups excluding carboxylic acids is 1. The number of carbonyl (C=O) groups is 1. The number of benzene rings is 1. The molecule has 0 bridgehead atoms. The standard InChI is InChI=1S/C17H21N3O2S/c1-23-17-19-10-11-20(17)14-6-4-13(5-7-14)16(21)18-9-8-15-3-2-12-22-15/h4-7,10-11,15H,2-3,8-9,12H2,1H3,(H,18,21)/t15-/m0/s1. The van der Waals surface area contributed by atoms with Crippen LogP contribution in [-0.4, -0.2) is 41.0 Å². The van der Waals surface area contributed by atoms with Gasteiger partial charge in [-0.15, -0.1) is 0 Å². The molecule has 1 aromatic carbocycles. The number of rotatable bonds is 6. The molecule has 122 valence electrons. The second-order valence-electron chi connectivity index (χ2n) is 5.51. The van der Waals surface area contributed by atoms with Crippen LogP contribution in [0.3, 0.4) is 0 Å². The Bertz CT molecular complexity index is 648. The van der Waals surface area contributed by atoms with Crippen LogP contribution in [0.4, 0.5) is 0 Å². The third kappa shape index (κ3) is 3.95. The molecular formula is C17H21N3O2S. The van der Waals surface area contributed by atoms with Crippen LogP contribution < -0.4 is 5.32 Å². The van der Waals surface area contributed by atoms with Gasteiger partial charge < -0.3 is 10.1 Å². The number of ether oxygens (including phenoxy) is 1. The first-order valence-electron chi connectivity index (χ1n) is 7.85. The van der Waals surface area contributed by atoms with E-state index >= 15 is 0 Å². The van der Waals surface area contributed by atoms with Crippen LogP contribution >= 0.6 is 11.8 Å². The van der Waals surface area contributed by atoms with Gasteiger partial charge in [-0.1, -0.05) is 11.8 Å². The summed E-state index contributed by atoms with van der Waals surface area (Å²) in [6, 6.07) is 7.58. The molecule has 1 atom stereocenters. The highest BCUT2D eigenvalue weighted by molar-refractivity contribution is 7.98. The lowest BCUT2D eigenvalue weighted by molar-refractivity contribution is 0.0907. The average Bonchev–Trinajstić information content (AvgIpc) is 3.26. The van der Waals surface area contributed by atoms with E-state index in [4.69, 9.17) is 4.74 Å². The van der Waals surface area contributed by atoms with Gasteiger partial charge in [-0.05, 0) is 49.8 Å². The molecule has 1 N–H and O–H groups in total. The van der Waals surface area contributed by atoms with Crippen molar-refractivity contribution >= 4 is 17.7 Å². The average molecular weight is 331 g/mol. The fraction of sp³-hybridized carbons (Fsp3) is 0.412. The van der Waals surface area contributed by atoms with E-state index in [9.17, 15) is 4.79 Å². The number of hydrogen-bond donors (Lipinski definition) is 1. The van der Waals surface area contributed by atoms with Crippen LogP contribution in [0.15, 0.2) is 41.8 Å². The number of nitrogens with one attached hydrogen (secondary N) is 1. The molecule has 0 aliphatic carbocycles. The minimum Gasteiger partial charge on any atom is -0.378 e. The molecule has 5 nitrogen and oxygen atoms in total. The van der Waals surface area contributed by atoms with Crippen molar-refractivity contribution in [1.29, 1.82) is 0 Å². The SMILES string of the molecule is CSc1nccn1-c1ccc(C(=O)NCC[C@@H]2CCCO2)cc1. The highest BCUT2D eigenvalue weighted by Gasteiger charge is 2.15. The molecule has 3 rings (SSSR count). The second kappa shape index (κ2) is 7.66. The van der Waals surface area contributed by atoms with Crippen LogP contribution in [0.2, 0.25) is 0 Å². The summed E-state index contributed by atoms with van der Waals surface area (Å²) in [5, 5.41) is 3.89. The summed E-state index contributed by atoms with van der Waals surface area (Å²) < 4.78 is 7.56. The van der Waals surface area contributed by atoms with E-state index in [0.29, 0.717) is 18.2 Å². The summed E-state index contributed by atoms with van der Waals surface area (Å²) in [6.45, 7) is 1.51. The van der Waals surface area contributed by atoms with E-state index in [-0.39, 0.29) is 5.91 Å². The molecule has 6 heteroatoms. The first-order chi connectivity index (χ1) is 11.3. The zero-order chi connectivity index (χ0) is 16.1. The number of nitrogens with zero attached hydrogens (tertiary/aromatic N) is 2. The maximum absolute atomic E-state index is 12.2. The summed E-state index contributed by atoms with van der Waals surface area (Å²) in [5.74, 6) is -0.0368. The van der Waals surface area contributed by atoms with Crippen LogP contribution in [-0.2, 0) is 4.74 Å². The molecule has 1 aliphatic rings. The van der Waals surface area contributed by atoms with Crippen molar-refractivity contribution in [2.45, 2.75) is 30.5 Å². The van der Waals surface area contributed by atoms with E-state index in [2.05, 4.69) is 10.3 Å². The van der Waals surface area contributed by atoms with Gasteiger partial charge in [-0.2, -0.15) is 0 Å². The van der Waals surface area contributed by atoms with Gasteiger partial charge in [0, 0.05) is 36.8 Å². The zero-order valence-electron chi connectivity index (χ0n) is 13.2. The summed E-state index contributed by atoms with van der Waals surface area (Å²) in [4.78, 5) is 16.4. The molecule has 0 unspecified atom stereocenters. The molecule has 1 aromatic heterocycles. The highest BCUT2D eigenvalue weighted by atomic mass is 32.2. The van der Waals surface area contributed by atoms with Gasteiger partial charge >= 0.3 is 0 Å². The van der Waals surface area contributed by atoms with Crippen molar-refractivity contribution in [2.24, 2.45) is 0 Å². The van der Waals surface area contributed by atoms with Gasteiger partial charge in [0.1, 0.15) is 0 Å². The topological polar surface area (TPSA) is 56.2 Å². The molecule has 1 aliphatic heterocycles. The smallest absolute Gasteiger partial charge is 0.251 e. The lowest BCUT2D eigenvalue weighted by Gasteiger charge is -2.11. The molecule has 0 spiro atoms. The van der Waals surface area contributed by atoms with Crippen LogP contribution in [0, 0.1) is 0 Å². The number of imidazole rings is 1. The highest BCUT2D eigenvalue weighted by Crippen LogP contribution is 2.18. The van der Waals surface area contributed by atoms with Crippen molar-refractivity contribution in [3.8, 4) is 5.69 Å². The van der Waals surface area contributed by atoms with E-state index in [1.54, 1.807) is 18.0 Å². The number of hydrogen-bond acceptors (Lipinski definition) is 4. The molecule has 2 aromatic rings. The van der Waals surface area contributed by atoms with Gasteiger partial charge in [0.25, 0.3) is 5.91 Å². The molecule has 2 heterocycles. The lowest BCUT2D eigenvalue weighted by atomic mass is 10.1. The predicted molar refractivity (Wildman–Crippen MR) is 91.3 cm³/mol. The van der Waals surface area contributed by atoms with Crippen LogP contribution in [0.1, 0.15) is 29.6 Å². The third-order valence-electron chi connectivity index (χ3n) is 3.97. The molecular weight excluding hydrogens is 310 g/mol. The Labute approximate surface area is 140 Å². The van der Waals surface area contributed by atoms with Gasteiger partial charge in [-0.25, -0.2) is 4.98 Å². The molecule has 0 radical (unpaired) electrons. The first-order valence-corrected chi connectivity index (χ1v) is 9.08. The van der Waals surface area contributed by atoms with Gasteiger partial charge in [0.05, 0.1) is 6.10 Å². The Hall–Kier alpha value is -1.79. The van der Waals surface area contributed by atoms with E-state index in [1.807, 2.05) is 41.3 Å². The summed E-state index contributed by atoms with van der Waals surface area (Å²) in [5.41, 5.74) is 1.68. The summed E-state index contributed by atoms with van der Waals surface area (Å²) in [6.07, 6.45) is 9.12. The van der Waals surface area contributed by atoms with Gasteiger partial charge in [0.15, 0.2) is 5.16 Å².